The summed E-state index contributed by atoms with van der Waals surface area (Å²) in [6, 6.07) is 11.9. The lowest BCUT2D eigenvalue weighted by atomic mass is 10.0. The fourth-order valence-corrected chi connectivity index (χ4v) is 4.05. The van der Waals surface area contributed by atoms with E-state index in [-0.39, 0.29) is 43.1 Å². The van der Waals surface area contributed by atoms with E-state index in [0.717, 1.165) is 17.2 Å². The zero-order valence-electron chi connectivity index (χ0n) is 18.7. The Kier molecular flexibility index (Phi) is 6.58. The van der Waals surface area contributed by atoms with Crippen molar-refractivity contribution in [1.29, 1.82) is 0 Å². The lowest BCUT2D eigenvalue weighted by molar-refractivity contribution is -0.165. The van der Waals surface area contributed by atoms with Crippen molar-refractivity contribution in [2.75, 3.05) is 29.2 Å². The lowest BCUT2D eigenvalue weighted by Crippen LogP contribution is -2.28. The van der Waals surface area contributed by atoms with Crippen molar-refractivity contribution in [3.63, 3.8) is 0 Å². The molecule has 12 heteroatoms. The topological polar surface area (TPSA) is 114 Å². The van der Waals surface area contributed by atoms with Gasteiger partial charge in [0.25, 0.3) is 0 Å². The van der Waals surface area contributed by atoms with Gasteiger partial charge < -0.3 is 15.2 Å². The van der Waals surface area contributed by atoms with Gasteiger partial charge in [0.15, 0.2) is 11.6 Å². The monoisotopic (exact) mass is 508 g/mol. The lowest BCUT2D eigenvalue weighted by Gasteiger charge is -2.14. The first kappa shape index (κ1) is 24.7. The molecule has 0 saturated heterocycles. The van der Waals surface area contributed by atoms with Gasteiger partial charge in [-0.05, 0) is 36.1 Å². The molecule has 0 atom stereocenters. The molecule has 1 saturated carbocycles. The summed E-state index contributed by atoms with van der Waals surface area (Å²) >= 11 is 0. The number of rotatable bonds is 9. The quantitative estimate of drug-likeness (QED) is 0.450. The van der Waals surface area contributed by atoms with Crippen molar-refractivity contribution in [2.45, 2.75) is 30.9 Å². The molecule has 1 aromatic carbocycles. The van der Waals surface area contributed by atoms with Crippen molar-refractivity contribution in [2.24, 2.45) is 0 Å². The van der Waals surface area contributed by atoms with E-state index in [0.29, 0.717) is 11.4 Å². The van der Waals surface area contributed by atoms with Gasteiger partial charge >= 0.3 is 6.18 Å². The molecule has 186 valence electrons. The summed E-state index contributed by atoms with van der Waals surface area (Å²) in [5.74, 6) is -0.189. The van der Waals surface area contributed by atoms with Gasteiger partial charge in [0, 0.05) is 30.6 Å². The largest absolute Gasteiger partial charge is 0.401 e. The second-order valence-electron chi connectivity index (χ2n) is 8.57. The van der Waals surface area contributed by atoms with E-state index in [1.165, 1.54) is 6.26 Å². The maximum Gasteiger partial charge on any atom is 0.401 e. The van der Waals surface area contributed by atoms with Crippen LogP contribution in [0.15, 0.2) is 53.2 Å². The van der Waals surface area contributed by atoms with Crippen LogP contribution in [0.2, 0.25) is 0 Å². The normalized spacial score (nSPS) is 15.0. The Balaban J connectivity index is 1.31. The molecular formula is C23H23F3N4O4S. The van der Waals surface area contributed by atoms with Crippen LogP contribution in [-0.4, -0.2) is 49.2 Å². The highest BCUT2D eigenvalue weighted by molar-refractivity contribution is 7.90. The molecule has 1 aliphatic rings. The summed E-state index contributed by atoms with van der Waals surface area (Å²) in [5, 5.41) is 8.98. The average Bonchev–Trinajstić information content (AvgIpc) is 3.48. The summed E-state index contributed by atoms with van der Waals surface area (Å²) < 4.78 is 66.8. The number of carbonyl (C=O) groups excluding carboxylic acids is 1. The average molecular weight is 509 g/mol. The first-order chi connectivity index (χ1) is 16.5. The highest BCUT2D eigenvalue weighted by Crippen LogP contribution is 2.59. The zero-order valence-corrected chi connectivity index (χ0v) is 19.5. The maximum absolute atomic E-state index is 13.2. The summed E-state index contributed by atoms with van der Waals surface area (Å²) in [6.07, 6.45) is -1.69. The highest BCUT2D eigenvalue weighted by Gasteiger charge is 2.66. The first-order valence-electron chi connectivity index (χ1n) is 10.8. The SMILES string of the molecule is CS(=O)(=O)CCNc1ccc(-c2ccc(CC(=O)Nc3cc(C4(C(F)(F)F)CC4)on3)cc2)cn1. The second-order valence-corrected chi connectivity index (χ2v) is 10.8. The minimum Gasteiger partial charge on any atom is -0.369 e. The van der Waals surface area contributed by atoms with Gasteiger partial charge in [-0.1, -0.05) is 29.4 Å². The number of halogens is 3. The molecule has 0 aliphatic heterocycles. The van der Waals surface area contributed by atoms with E-state index in [9.17, 15) is 26.4 Å². The summed E-state index contributed by atoms with van der Waals surface area (Å²) in [7, 11) is -3.05. The molecule has 1 aliphatic carbocycles. The molecule has 1 fully saturated rings. The van der Waals surface area contributed by atoms with E-state index in [1.54, 1.807) is 24.4 Å². The Hall–Kier alpha value is -3.41. The van der Waals surface area contributed by atoms with Gasteiger partial charge in [0.2, 0.25) is 5.91 Å². The van der Waals surface area contributed by atoms with Crippen molar-refractivity contribution in [3.05, 3.63) is 60.0 Å². The van der Waals surface area contributed by atoms with Crippen molar-refractivity contribution >= 4 is 27.4 Å². The summed E-state index contributed by atoms with van der Waals surface area (Å²) in [6.45, 7) is 0.265. The third-order valence-corrected chi connectivity index (χ3v) is 6.68. The Morgan fingerprint density at radius 2 is 1.77 bits per heavy atom. The van der Waals surface area contributed by atoms with Crippen molar-refractivity contribution in [3.8, 4) is 11.1 Å². The number of benzene rings is 1. The Morgan fingerprint density at radius 1 is 1.09 bits per heavy atom. The number of anilines is 2. The number of nitrogens with one attached hydrogen (secondary N) is 2. The van der Waals surface area contributed by atoms with Crippen LogP contribution in [0.5, 0.6) is 0 Å². The minimum atomic E-state index is -4.42. The molecule has 3 aromatic rings. The van der Waals surface area contributed by atoms with E-state index >= 15 is 0 Å². The van der Waals surface area contributed by atoms with Crippen LogP contribution in [0.3, 0.4) is 0 Å². The number of pyridine rings is 1. The Bertz CT molecular complexity index is 1300. The van der Waals surface area contributed by atoms with Gasteiger partial charge in [-0.15, -0.1) is 0 Å². The molecule has 4 rings (SSSR count). The van der Waals surface area contributed by atoms with Crippen LogP contribution in [0.4, 0.5) is 24.8 Å². The molecule has 0 spiro atoms. The fourth-order valence-electron chi connectivity index (χ4n) is 3.58. The van der Waals surface area contributed by atoms with Crippen LogP contribution in [0, 0.1) is 0 Å². The van der Waals surface area contributed by atoms with Crippen LogP contribution in [-0.2, 0) is 26.5 Å². The zero-order chi connectivity index (χ0) is 25.3. The van der Waals surface area contributed by atoms with Gasteiger partial charge in [-0.2, -0.15) is 13.2 Å². The van der Waals surface area contributed by atoms with Gasteiger partial charge in [0.1, 0.15) is 21.1 Å². The molecule has 2 heterocycles. The first-order valence-corrected chi connectivity index (χ1v) is 12.8. The third kappa shape index (κ3) is 5.99. The number of carbonyl (C=O) groups is 1. The highest BCUT2D eigenvalue weighted by atomic mass is 32.2. The molecule has 8 nitrogen and oxygen atoms in total. The maximum atomic E-state index is 13.2. The minimum absolute atomic E-state index is 0.00827. The van der Waals surface area contributed by atoms with Crippen LogP contribution in [0.1, 0.15) is 24.2 Å². The number of amides is 1. The van der Waals surface area contributed by atoms with Gasteiger partial charge in [-0.25, -0.2) is 13.4 Å². The number of aromatic nitrogens is 2. The summed E-state index contributed by atoms with van der Waals surface area (Å²) in [4.78, 5) is 16.6. The van der Waals surface area contributed by atoms with E-state index in [1.807, 2.05) is 18.2 Å². The standard InChI is InChI=1S/C23H23F3N4O4S/c1-35(32,33)11-10-27-19-7-6-17(14-28-19)16-4-2-15(3-5-16)12-21(31)29-20-13-18(34-30-20)22(8-9-22)23(24,25)26/h2-7,13-14H,8-12H2,1H3,(H,27,28)(H,29,30,31). The van der Waals surface area contributed by atoms with E-state index < -0.39 is 27.3 Å². The van der Waals surface area contributed by atoms with Gasteiger partial charge in [0.05, 0.1) is 12.2 Å². The Morgan fingerprint density at radius 3 is 2.34 bits per heavy atom. The predicted octanol–water partition coefficient (Wildman–Crippen LogP) is 3.97. The van der Waals surface area contributed by atoms with Crippen molar-refractivity contribution < 1.29 is 30.9 Å². The third-order valence-electron chi connectivity index (χ3n) is 5.74. The smallest absolute Gasteiger partial charge is 0.369 e. The molecule has 0 radical (unpaired) electrons. The van der Waals surface area contributed by atoms with E-state index in [2.05, 4.69) is 20.8 Å². The van der Waals surface area contributed by atoms with Crippen LogP contribution >= 0.6 is 0 Å². The molecule has 2 aromatic heterocycles. The molecule has 1 amide bonds. The van der Waals surface area contributed by atoms with E-state index in [4.69, 9.17) is 4.52 Å². The molecule has 0 unspecified atom stereocenters. The Labute approximate surface area is 199 Å². The number of hydrogen-bond donors (Lipinski definition) is 2. The number of hydrogen-bond acceptors (Lipinski definition) is 7. The predicted molar refractivity (Wildman–Crippen MR) is 124 cm³/mol. The molecule has 2 N–H and O–H groups in total. The second kappa shape index (κ2) is 9.33. The summed E-state index contributed by atoms with van der Waals surface area (Å²) in [5.41, 5.74) is 0.421. The van der Waals surface area contributed by atoms with Gasteiger partial charge in [-0.3, -0.25) is 4.79 Å². The number of sulfone groups is 1. The van der Waals surface area contributed by atoms with Crippen LogP contribution < -0.4 is 10.6 Å². The molecular weight excluding hydrogens is 485 g/mol. The molecule has 35 heavy (non-hydrogen) atoms. The number of nitrogens with zero attached hydrogens (tertiary/aromatic N) is 2. The fraction of sp³-hybridized carbons (Fsp3) is 0.348. The molecule has 0 bridgehead atoms. The van der Waals surface area contributed by atoms with Crippen molar-refractivity contribution in [1.82, 2.24) is 10.1 Å². The van der Waals surface area contributed by atoms with Crippen LogP contribution in [0.25, 0.3) is 11.1 Å². The number of alkyl halides is 3.